The van der Waals surface area contributed by atoms with Gasteiger partial charge in [0.25, 0.3) is 0 Å². The summed E-state index contributed by atoms with van der Waals surface area (Å²) in [5.41, 5.74) is 3.31. The van der Waals surface area contributed by atoms with Crippen LogP contribution in [0.2, 0.25) is 0 Å². The highest BCUT2D eigenvalue weighted by Gasteiger charge is 2.28. The summed E-state index contributed by atoms with van der Waals surface area (Å²) >= 11 is 3.13. The summed E-state index contributed by atoms with van der Waals surface area (Å²) < 4.78 is 18.2. The normalized spacial score (nSPS) is 14.2. The number of rotatable bonds is 3. The van der Waals surface area contributed by atoms with E-state index in [4.69, 9.17) is 10.7 Å². The fourth-order valence-electron chi connectivity index (χ4n) is 1.71. The van der Waals surface area contributed by atoms with E-state index in [1.165, 1.54) is 6.07 Å². The first-order valence-corrected chi connectivity index (χ1v) is 6.22. The Labute approximate surface area is 120 Å². The Morgan fingerprint density at radius 3 is 3.00 bits per heavy atom. The van der Waals surface area contributed by atoms with E-state index in [0.717, 1.165) is 0 Å². The number of benzene rings is 1. The molecule has 0 saturated heterocycles. The van der Waals surface area contributed by atoms with E-state index < -0.39 is 0 Å². The zero-order valence-electron chi connectivity index (χ0n) is 9.88. The van der Waals surface area contributed by atoms with Crippen LogP contribution in [0.15, 0.2) is 32.5 Å². The first kappa shape index (κ1) is 12.8. The molecule has 0 bridgehead atoms. The molecule has 2 heterocycles. The van der Waals surface area contributed by atoms with Crippen molar-refractivity contribution in [1.29, 1.82) is 0 Å². The molecule has 0 radical (unpaired) electrons. The van der Waals surface area contributed by atoms with Crippen LogP contribution in [0.4, 0.5) is 15.9 Å². The highest BCUT2D eigenvalue weighted by Crippen LogP contribution is 2.27. The molecule has 1 aromatic carbocycles. The van der Waals surface area contributed by atoms with Crippen LogP contribution in [0, 0.1) is 5.82 Å². The van der Waals surface area contributed by atoms with Crippen LogP contribution in [0.25, 0.3) is 0 Å². The van der Waals surface area contributed by atoms with Crippen molar-refractivity contribution in [3.63, 3.8) is 0 Å². The summed E-state index contributed by atoms with van der Waals surface area (Å²) in [6, 6.07) is 4.52. The minimum atomic E-state index is -0.361. The topological polar surface area (TPSA) is 102 Å². The SMILES string of the molecule is NNc1nonc1C1=NOCN1c1ccc(F)c(Br)c1. The van der Waals surface area contributed by atoms with Crippen molar-refractivity contribution < 1.29 is 13.9 Å². The summed E-state index contributed by atoms with van der Waals surface area (Å²) in [5, 5.41) is 11.2. The number of halogens is 2. The molecule has 8 nitrogen and oxygen atoms in total. The Kier molecular flexibility index (Phi) is 3.24. The quantitative estimate of drug-likeness (QED) is 0.642. The largest absolute Gasteiger partial charge is 0.371 e. The van der Waals surface area contributed by atoms with Gasteiger partial charge in [0.05, 0.1) is 4.47 Å². The molecule has 0 unspecified atom stereocenters. The Hall–Kier alpha value is -2.20. The third-order valence-electron chi connectivity index (χ3n) is 2.65. The lowest BCUT2D eigenvalue weighted by Gasteiger charge is -2.16. The number of nitrogens with one attached hydrogen (secondary N) is 1. The predicted molar refractivity (Wildman–Crippen MR) is 71.2 cm³/mol. The van der Waals surface area contributed by atoms with Gasteiger partial charge in [0, 0.05) is 5.69 Å². The van der Waals surface area contributed by atoms with Gasteiger partial charge >= 0.3 is 0 Å². The zero-order valence-corrected chi connectivity index (χ0v) is 11.5. The third kappa shape index (κ3) is 2.08. The Morgan fingerprint density at radius 1 is 1.40 bits per heavy atom. The van der Waals surface area contributed by atoms with Gasteiger partial charge in [-0.25, -0.2) is 14.9 Å². The number of nitrogens with zero attached hydrogens (tertiary/aromatic N) is 4. The van der Waals surface area contributed by atoms with Crippen molar-refractivity contribution in [3.05, 3.63) is 34.2 Å². The molecule has 1 aliphatic heterocycles. The van der Waals surface area contributed by atoms with E-state index in [0.29, 0.717) is 21.7 Å². The predicted octanol–water partition coefficient (Wildman–Crippen LogP) is 1.41. The number of hydrazine groups is 1. The molecule has 20 heavy (non-hydrogen) atoms. The summed E-state index contributed by atoms with van der Waals surface area (Å²) in [4.78, 5) is 6.72. The highest BCUT2D eigenvalue weighted by molar-refractivity contribution is 9.10. The summed E-state index contributed by atoms with van der Waals surface area (Å²) in [7, 11) is 0. The van der Waals surface area contributed by atoms with Crippen LogP contribution in [0.3, 0.4) is 0 Å². The van der Waals surface area contributed by atoms with Crippen LogP contribution in [-0.2, 0) is 4.84 Å². The van der Waals surface area contributed by atoms with Gasteiger partial charge in [-0.2, -0.15) is 0 Å². The molecule has 1 aromatic heterocycles. The second kappa shape index (κ2) is 5.06. The van der Waals surface area contributed by atoms with E-state index in [-0.39, 0.29) is 18.4 Å². The van der Waals surface area contributed by atoms with Crippen molar-refractivity contribution in [1.82, 2.24) is 10.3 Å². The minimum absolute atomic E-state index is 0.157. The van der Waals surface area contributed by atoms with Crippen molar-refractivity contribution in [2.75, 3.05) is 17.1 Å². The van der Waals surface area contributed by atoms with Crippen LogP contribution in [0.1, 0.15) is 5.69 Å². The number of hydrogen-bond donors (Lipinski definition) is 2. The number of anilines is 2. The van der Waals surface area contributed by atoms with E-state index in [9.17, 15) is 4.39 Å². The smallest absolute Gasteiger partial charge is 0.216 e. The summed E-state index contributed by atoms with van der Waals surface area (Å²) in [6.45, 7) is 0.157. The second-order valence-electron chi connectivity index (χ2n) is 3.81. The van der Waals surface area contributed by atoms with E-state index in [1.54, 1.807) is 17.0 Å². The average Bonchev–Trinajstić information content (AvgIpc) is 3.08. The van der Waals surface area contributed by atoms with Gasteiger partial charge in [0.2, 0.25) is 11.7 Å². The highest BCUT2D eigenvalue weighted by atomic mass is 79.9. The molecule has 0 aliphatic carbocycles. The van der Waals surface area contributed by atoms with Gasteiger partial charge < -0.3 is 10.3 Å². The lowest BCUT2D eigenvalue weighted by Crippen LogP contribution is -2.29. The lowest BCUT2D eigenvalue weighted by molar-refractivity contribution is 0.174. The molecule has 3 N–H and O–H groups in total. The molecular weight excluding hydrogens is 335 g/mol. The van der Waals surface area contributed by atoms with Gasteiger partial charge in [-0.3, -0.25) is 4.90 Å². The Balaban J connectivity index is 1.98. The zero-order chi connectivity index (χ0) is 14.1. The van der Waals surface area contributed by atoms with E-state index in [1.807, 2.05) is 0 Å². The van der Waals surface area contributed by atoms with Crippen LogP contribution >= 0.6 is 15.9 Å². The molecule has 0 atom stereocenters. The fraction of sp³-hybridized carbons (Fsp3) is 0.100. The maximum atomic E-state index is 13.3. The molecule has 3 rings (SSSR count). The number of nitrogens with two attached hydrogens (primary N) is 1. The molecule has 0 saturated carbocycles. The van der Waals surface area contributed by atoms with Gasteiger partial charge in [0.15, 0.2) is 12.4 Å². The van der Waals surface area contributed by atoms with Crippen LogP contribution < -0.4 is 16.2 Å². The summed E-state index contributed by atoms with van der Waals surface area (Å²) in [5.74, 6) is 5.53. The third-order valence-corrected chi connectivity index (χ3v) is 3.25. The summed E-state index contributed by atoms with van der Waals surface area (Å²) in [6.07, 6.45) is 0. The lowest BCUT2D eigenvalue weighted by atomic mass is 10.2. The van der Waals surface area contributed by atoms with Crippen LogP contribution in [0.5, 0.6) is 0 Å². The molecule has 0 amide bonds. The number of amidine groups is 1. The number of hydrogen-bond acceptors (Lipinski definition) is 8. The van der Waals surface area contributed by atoms with Gasteiger partial charge in [-0.15, -0.1) is 0 Å². The molecule has 104 valence electrons. The van der Waals surface area contributed by atoms with Gasteiger partial charge in [-0.1, -0.05) is 5.16 Å². The Bertz CT molecular complexity index is 676. The van der Waals surface area contributed by atoms with Crippen LogP contribution in [-0.4, -0.2) is 22.9 Å². The van der Waals surface area contributed by atoms with E-state index >= 15 is 0 Å². The fourth-order valence-corrected chi connectivity index (χ4v) is 2.08. The minimum Gasteiger partial charge on any atom is -0.371 e. The number of aromatic nitrogens is 2. The molecule has 0 spiro atoms. The van der Waals surface area contributed by atoms with Crippen molar-refractivity contribution in [2.24, 2.45) is 11.0 Å². The van der Waals surface area contributed by atoms with Crippen molar-refractivity contribution in [2.45, 2.75) is 0 Å². The number of nitrogen functional groups attached to an aromatic ring is 1. The second-order valence-corrected chi connectivity index (χ2v) is 4.66. The molecule has 2 aromatic rings. The van der Waals surface area contributed by atoms with Crippen molar-refractivity contribution in [3.8, 4) is 0 Å². The maximum absolute atomic E-state index is 13.3. The number of oxime groups is 1. The molecule has 1 aliphatic rings. The van der Waals surface area contributed by atoms with Crippen molar-refractivity contribution >= 4 is 33.3 Å². The van der Waals surface area contributed by atoms with Gasteiger partial charge in [0.1, 0.15) is 5.82 Å². The monoisotopic (exact) mass is 342 g/mol. The molecule has 0 fully saturated rings. The Morgan fingerprint density at radius 2 is 2.25 bits per heavy atom. The molecular formula is C10H8BrFN6O2. The maximum Gasteiger partial charge on any atom is 0.216 e. The van der Waals surface area contributed by atoms with Gasteiger partial charge in [-0.05, 0) is 44.4 Å². The average molecular weight is 343 g/mol. The first-order chi connectivity index (χ1) is 9.70. The standard InChI is InChI=1S/C10H8BrFN6O2/c11-6-3-5(1-2-7(6)12)18-4-19-17-10(18)8-9(14-13)16-20-15-8/h1-3H,4,13H2,(H,14,16). The molecule has 10 heteroatoms. The first-order valence-electron chi connectivity index (χ1n) is 5.43. The van der Waals surface area contributed by atoms with E-state index in [2.05, 4.69) is 41.5 Å².